The van der Waals surface area contributed by atoms with Crippen molar-refractivity contribution in [2.24, 2.45) is 5.73 Å². The summed E-state index contributed by atoms with van der Waals surface area (Å²) in [6.07, 6.45) is 2.38. The maximum Gasteiger partial charge on any atom is 0.229 e. The molecule has 1 heterocycles. The third kappa shape index (κ3) is 2.54. The van der Waals surface area contributed by atoms with Gasteiger partial charge in [-0.3, -0.25) is 4.90 Å². The van der Waals surface area contributed by atoms with Gasteiger partial charge in [0, 0.05) is 18.5 Å². The van der Waals surface area contributed by atoms with Crippen LogP contribution >= 0.6 is 0 Å². The fourth-order valence-corrected chi connectivity index (χ4v) is 1.39. The fourth-order valence-electron chi connectivity index (χ4n) is 1.39. The first kappa shape index (κ1) is 10.6. The zero-order chi connectivity index (χ0) is 10.8. The van der Waals surface area contributed by atoms with Crippen LogP contribution < -0.4 is 5.73 Å². The van der Waals surface area contributed by atoms with Crippen molar-refractivity contribution >= 4 is 0 Å². The van der Waals surface area contributed by atoms with E-state index in [2.05, 4.69) is 22.0 Å². The van der Waals surface area contributed by atoms with E-state index in [1.54, 1.807) is 0 Å². The topological polar surface area (TPSA) is 68.2 Å². The van der Waals surface area contributed by atoms with Crippen LogP contribution in [-0.4, -0.2) is 34.7 Å². The molecule has 5 heteroatoms. The lowest BCUT2D eigenvalue weighted by molar-refractivity contribution is 0.244. The summed E-state index contributed by atoms with van der Waals surface area (Å²) in [5.41, 5.74) is 5.58. The van der Waals surface area contributed by atoms with Crippen LogP contribution in [0.25, 0.3) is 0 Å². The lowest BCUT2D eigenvalue weighted by Crippen LogP contribution is -2.35. The first-order valence-corrected chi connectivity index (χ1v) is 5.43. The Morgan fingerprint density at radius 3 is 2.93 bits per heavy atom. The fraction of sp³-hybridized carbons (Fsp3) is 0.800. The van der Waals surface area contributed by atoms with Crippen LogP contribution in [0.1, 0.15) is 37.4 Å². The van der Waals surface area contributed by atoms with E-state index in [9.17, 15) is 0 Å². The zero-order valence-corrected chi connectivity index (χ0v) is 9.31. The summed E-state index contributed by atoms with van der Waals surface area (Å²) < 4.78 is 5.18. The van der Waals surface area contributed by atoms with Crippen molar-refractivity contribution in [2.45, 2.75) is 38.3 Å². The predicted molar refractivity (Wildman–Crippen MR) is 56.3 cm³/mol. The molecule has 1 saturated carbocycles. The summed E-state index contributed by atoms with van der Waals surface area (Å²) in [6.45, 7) is 3.43. The predicted octanol–water partition coefficient (Wildman–Crippen LogP) is 0.726. The molecule has 1 aliphatic rings. The summed E-state index contributed by atoms with van der Waals surface area (Å²) in [7, 11) is 2.02. The highest BCUT2D eigenvalue weighted by Crippen LogP contribution is 2.38. The molecule has 1 unspecified atom stereocenters. The van der Waals surface area contributed by atoms with Gasteiger partial charge in [-0.25, -0.2) is 0 Å². The second kappa shape index (κ2) is 4.28. The van der Waals surface area contributed by atoms with Gasteiger partial charge in [-0.1, -0.05) is 5.16 Å². The van der Waals surface area contributed by atoms with E-state index in [0.29, 0.717) is 25.0 Å². The van der Waals surface area contributed by atoms with Crippen molar-refractivity contribution in [3.63, 3.8) is 0 Å². The highest BCUT2D eigenvalue weighted by atomic mass is 16.5. The van der Waals surface area contributed by atoms with E-state index in [1.807, 2.05) is 7.05 Å². The van der Waals surface area contributed by atoms with E-state index in [-0.39, 0.29) is 0 Å². The third-order valence-electron chi connectivity index (χ3n) is 2.89. The third-order valence-corrected chi connectivity index (χ3v) is 2.89. The maximum atomic E-state index is 5.58. The molecule has 2 N–H and O–H groups in total. The molecule has 1 aromatic heterocycles. The lowest BCUT2D eigenvalue weighted by Gasteiger charge is -2.21. The number of aromatic nitrogens is 2. The van der Waals surface area contributed by atoms with Gasteiger partial charge in [0.15, 0.2) is 5.82 Å². The molecule has 0 aliphatic heterocycles. The molecule has 84 valence electrons. The first-order valence-electron chi connectivity index (χ1n) is 5.43. The molecule has 0 bridgehead atoms. The van der Waals surface area contributed by atoms with Crippen molar-refractivity contribution in [3.05, 3.63) is 11.7 Å². The SMILES string of the molecule is CC(CN)N(C)Cc1noc(C2CC2)n1. The molecule has 0 aromatic carbocycles. The van der Waals surface area contributed by atoms with Crippen molar-refractivity contribution in [2.75, 3.05) is 13.6 Å². The molecule has 0 radical (unpaired) electrons. The molecule has 2 rings (SSSR count). The minimum atomic E-state index is 0.341. The number of rotatable bonds is 5. The van der Waals surface area contributed by atoms with E-state index in [0.717, 1.165) is 11.7 Å². The van der Waals surface area contributed by atoms with Gasteiger partial charge in [0.05, 0.1) is 6.54 Å². The summed E-state index contributed by atoms with van der Waals surface area (Å²) in [5, 5.41) is 3.97. The number of nitrogens with zero attached hydrogens (tertiary/aromatic N) is 3. The van der Waals surface area contributed by atoms with Gasteiger partial charge in [0.2, 0.25) is 5.89 Å². The zero-order valence-electron chi connectivity index (χ0n) is 9.31. The summed E-state index contributed by atoms with van der Waals surface area (Å²) >= 11 is 0. The monoisotopic (exact) mass is 210 g/mol. The van der Waals surface area contributed by atoms with Crippen LogP contribution in [0, 0.1) is 0 Å². The van der Waals surface area contributed by atoms with E-state index in [1.165, 1.54) is 12.8 Å². The van der Waals surface area contributed by atoms with Crippen LogP contribution in [0.15, 0.2) is 4.52 Å². The van der Waals surface area contributed by atoms with Gasteiger partial charge in [-0.2, -0.15) is 4.98 Å². The maximum absolute atomic E-state index is 5.58. The summed E-state index contributed by atoms with van der Waals surface area (Å²) in [5.74, 6) is 2.10. The number of nitrogens with two attached hydrogens (primary N) is 1. The molecule has 0 saturated heterocycles. The molecule has 5 nitrogen and oxygen atoms in total. The molecule has 1 aliphatic carbocycles. The van der Waals surface area contributed by atoms with Crippen LogP contribution in [0.4, 0.5) is 0 Å². The number of hydrogen-bond donors (Lipinski definition) is 1. The smallest absolute Gasteiger partial charge is 0.229 e. The molecule has 15 heavy (non-hydrogen) atoms. The average molecular weight is 210 g/mol. The molecule has 1 atom stereocenters. The van der Waals surface area contributed by atoms with Crippen LogP contribution in [0.3, 0.4) is 0 Å². The second-order valence-electron chi connectivity index (χ2n) is 4.32. The lowest BCUT2D eigenvalue weighted by atomic mass is 10.3. The largest absolute Gasteiger partial charge is 0.339 e. The summed E-state index contributed by atoms with van der Waals surface area (Å²) in [6, 6.07) is 0.341. The molecule has 1 fully saturated rings. The van der Waals surface area contributed by atoms with Gasteiger partial charge in [-0.05, 0) is 26.8 Å². The van der Waals surface area contributed by atoms with Crippen LogP contribution in [-0.2, 0) is 6.54 Å². The second-order valence-corrected chi connectivity index (χ2v) is 4.32. The Hall–Kier alpha value is -0.940. The Morgan fingerprint density at radius 2 is 2.33 bits per heavy atom. The highest BCUT2D eigenvalue weighted by Gasteiger charge is 2.29. The van der Waals surface area contributed by atoms with E-state index in [4.69, 9.17) is 10.3 Å². The summed E-state index contributed by atoms with van der Waals surface area (Å²) in [4.78, 5) is 6.50. The Morgan fingerprint density at radius 1 is 1.60 bits per heavy atom. The van der Waals surface area contributed by atoms with E-state index >= 15 is 0 Å². The van der Waals surface area contributed by atoms with Crippen LogP contribution in [0.2, 0.25) is 0 Å². The first-order chi connectivity index (χ1) is 7.20. The van der Waals surface area contributed by atoms with Crippen molar-refractivity contribution in [1.29, 1.82) is 0 Å². The Balaban J connectivity index is 1.91. The standard InChI is InChI=1S/C10H18N4O/c1-7(5-11)14(2)6-9-12-10(15-13-9)8-3-4-8/h7-8H,3-6,11H2,1-2H3. The van der Waals surface area contributed by atoms with Gasteiger partial charge in [-0.15, -0.1) is 0 Å². The highest BCUT2D eigenvalue weighted by molar-refractivity contribution is 5.01. The van der Waals surface area contributed by atoms with Crippen molar-refractivity contribution < 1.29 is 4.52 Å². The minimum absolute atomic E-state index is 0.341. The average Bonchev–Trinajstić information content (AvgIpc) is 2.99. The molecular weight excluding hydrogens is 192 g/mol. The number of likely N-dealkylation sites (N-methyl/N-ethyl adjacent to an activating group) is 1. The van der Waals surface area contributed by atoms with Gasteiger partial charge in [0.1, 0.15) is 0 Å². The normalized spacial score (nSPS) is 18.4. The quantitative estimate of drug-likeness (QED) is 0.775. The van der Waals surface area contributed by atoms with Crippen LogP contribution in [0.5, 0.6) is 0 Å². The molecule has 0 amide bonds. The molecule has 0 spiro atoms. The Bertz CT molecular complexity index is 321. The number of hydrogen-bond acceptors (Lipinski definition) is 5. The van der Waals surface area contributed by atoms with Crippen molar-refractivity contribution in [3.8, 4) is 0 Å². The van der Waals surface area contributed by atoms with Crippen molar-refractivity contribution in [1.82, 2.24) is 15.0 Å². The van der Waals surface area contributed by atoms with Gasteiger partial charge < -0.3 is 10.3 Å². The minimum Gasteiger partial charge on any atom is -0.339 e. The Kier molecular flexibility index (Phi) is 3.02. The van der Waals surface area contributed by atoms with Gasteiger partial charge in [0.25, 0.3) is 0 Å². The molecule has 1 aromatic rings. The Labute approximate surface area is 89.6 Å². The van der Waals surface area contributed by atoms with E-state index < -0.39 is 0 Å². The van der Waals surface area contributed by atoms with Gasteiger partial charge >= 0.3 is 0 Å². The molecular formula is C10H18N4O.